The van der Waals surface area contributed by atoms with Gasteiger partial charge in [-0.2, -0.15) is 0 Å². The molecule has 0 spiro atoms. The fourth-order valence-corrected chi connectivity index (χ4v) is 2.57. The molecule has 7 heteroatoms. The normalized spacial score (nSPS) is 10.9. The van der Waals surface area contributed by atoms with E-state index in [1.165, 1.54) is 0 Å². The van der Waals surface area contributed by atoms with E-state index in [9.17, 15) is 4.79 Å². The Morgan fingerprint density at radius 1 is 1.12 bits per heavy atom. The van der Waals surface area contributed by atoms with Crippen molar-refractivity contribution in [1.29, 1.82) is 0 Å². The third-order valence-corrected chi connectivity index (χ3v) is 3.82. The Labute approximate surface area is 143 Å². The number of fused-ring (bicyclic) bond motifs is 1. The predicted octanol–water partition coefficient (Wildman–Crippen LogP) is 2.62. The van der Waals surface area contributed by atoms with Crippen molar-refractivity contribution in [3.05, 3.63) is 72.0 Å². The largest absolute Gasteiger partial charge is 0.441 e. The molecule has 0 radical (unpaired) electrons. The summed E-state index contributed by atoms with van der Waals surface area (Å²) in [6, 6.07) is 15.1. The zero-order valence-electron chi connectivity index (χ0n) is 13.5. The van der Waals surface area contributed by atoms with Gasteiger partial charge in [0.1, 0.15) is 5.76 Å². The Morgan fingerprint density at radius 3 is 2.76 bits per heavy atom. The summed E-state index contributed by atoms with van der Waals surface area (Å²) >= 11 is 0. The van der Waals surface area contributed by atoms with E-state index in [-0.39, 0.29) is 18.1 Å². The maximum atomic E-state index is 12.5. The summed E-state index contributed by atoms with van der Waals surface area (Å²) in [5.41, 5.74) is 1.83. The second kappa shape index (κ2) is 6.20. The van der Waals surface area contributed by atoms with Crippen LogP contribution in [-0.2, 0) is 6.54 Å². The first-order chi connectivity index (χ1) is 12.2. The van der Waals surface area contributed by atoms with E-state index in [1.54, 1.807) is 6.92 Å². The van der Waals surface area contributed by atoms with Crippen molar-refractivity contribution in [1.82, 2.24) is 24.9 Å². The minimum atomic E-state index is -0.309. The molecule has 0 atom stereocenters. The van der Waals surface area contributed by atoms with Crippen LogP contribution in [-0.4, -0.2) is 25.5 Å². The SMILES string of the molecule is Cc1oc(-c2ccccc2)nc1C(=O)NCc1nnc2ccccn12. The van der Waals surface area contributed by atoms with E-state index in [2.05, 4.69) is 20.5 Å². The number of oxazole rings is 1. The number of nitrogens with one attached hydrogen (secondary N) is 1. The number of rotatable bonds is 4. The minimum absolute atomic E-state index is 0.247. The Balaban J connectivity index is 1.53. The summed E-state index contributed by atoms with van der Waals surface area (Å²) in [6.45, 7) is 1.97. The Hall–Kier alpha value is -3.48. The first kappa shape index (κ1) is 15.1. The second-order valence-electron chi connectivity index (χ2n) is 5.52. The molecule has 3 aromatic heterocycles. The molecule has 4 aromatic rings. The third kappa shape index (κ3) is 2.87. The van der Waals surface area contributed by atoms with E-state index >= 15 is 0 Å². The van der Waals surface area contributed by atoms with Crippen molar-refractivity contribution in [2.24, 2.45) is 0 Å². The topological polar surface area (TPSA) is 85.3 Å². The molecule has 1 aromatic carbocycles. The lowest BCUT2D eigenvalue weighted by Gasteiger charge is -2.02. The Bertz CT molecular complexity index is 1040. The van der Waals surface area contributed by atoms with Gasteiger partial charge in [-0.3, -0.25) is 9.20 Å². The van der Waals surface area contributed by atoms with Crippen molar-refractivity contribution >= 4 is 11.6 Å². The molecule has 0 saturated carbocycles. The van der Waals surface area contributed by atoms with Crippen LogP contribution in [0.1, 0.15) is 22.1 Å². The van der Waals surface area contributed by atoms with Gasteiger partial charge in [-0.05, 0) is 31.2 Å². The molecule has 0 unspecified atom stereocenters. The lowest BCUT2D eigenvalue weighted by atomic mass is 10.2. The summed E-state index contributed by atoms with van der Waals surface area (Å²) in [5, 5.41) is 11.0. The van der Waals surface area contributed by atoms with Crippen LogP contribution < -0.4 is 5.32 Å². The van der Waals surface area contributed by atoms with Gasteiger partial charge in [0.2, 0.25) is 5.89 Å². The van der Waals surface area contributed by atoms with Crippen molar-refractivity contribution < 1.29 is 9.21 Å². The van der Waals surface area contributed by atoms with E-state index in [0.717, 1.165) is 11.2 Å². The molecular weight excluding hydrogens is 318 g/mol. The van der Waals surface area contributed by atoms with E-state index in [4.69, 9.17) is 4.42 Å². The van der Waals surface area contributed by atoms with Crippen LogP contribution in [0.25, 0.3) is 17.1 Å². The van der Waals surface area contributed by atoms with Gasteiger partial charge in [0, 0.05) is 11.8 Å². The molecule has 1 N–H and O–H groups in total. The van der Waals surface area contributed by atoms with Gasteiger partial charge in [-0.1, -0.05) is 24.3 Å². The highest BCUT2D eigenvalue weighted by atomic mass is 16.4. The van der Waals surface area contributed by atoms with Crippen molar-refractivity contribution in [3.8, 4) is 11.5 Å². The number of aromatic nitrogens is 4. The average molecular weight is 333 g/mol. The van der Waals surface area contributed by atoms with E-state index in [1.807, 2.05) is 59.1 Å². The molecule has 0 aliphatic heterocycles. The second-order valence-corrected chi connectivity index (χ2v) is 5.52. The minimum Gasteiger partial charge on any atom is -0.441 e. The van der Waals surface area contributed by atoms with Crippen molar-refractivity contribution in [2.45, 2.75) is 13.5 Å². The summed E-state index contributed by atoms with van der Waals surface area (Å²) in [4.78, 5) is 16.8. The van der Waals surface area contributed by atoms with Gasteiger partial charge in [0.25, 0.3) is 5.91 Å². The zero-order chi connectivity index (χ0) is 17.2. The standard InChI is InChI=1S/C18H15N5O2/c1-12-16(20-18(25-12)13-7-3-2-4-8-13)17(24)19-11-15-22-21-14-9-5-6-10-23(14)15/h2-10H,11H2,1H3,(H,19,24). The van der Waals surface area contributed by atoms with Gasteiger partial charge in [-0.25, -0.2) is 4.98 Å². The average Bonchev–Trinajstić information content (AvgIpc) is 3.24. The van der Waals surface area contributed by atoms with Gasteiger partial charge >= 0.3 is 0 Å². The summed E-state index contributed by atoms with van der Waals surface area (Å²) in [6.07, 6.45) is 1.85. The first-order valence-electron chi connectivity index (χ1n) is 7.82. The number of nitrogens with zero attached hydrogens (tertiary/aromatic N) is 4. The predicted molar refractivity (Wildman–Crippen MR) is 90.8 cm³/mol. The number of hydrogen-bond acceptors (Lipinski definition) is 5. The molecule has 124 valence electrons. The summed E-state index contributed by atoms with van der Waals surface area (Å²) in [7, 11) is 0. The highest BCUT2D eigenvalue weighted by Crippen LogP contribution is 2.21. The number of hydrogen-bond donors (Lipinski definition) is 1. The monoisotopic (exact) mass is 333 g/mol. The van der Waals surface area contributed by atoms with Gasteiger partial charge < -0.3 is 9.73 Å². The van der Waals surface area contributed by atoms with Crippen LogP contribution in [0, 0.1) is 6.92 Å². The van der Waals surface area contributed by atoms with Crippen molar-refractivity contribution in [3.63, 3.8) is 0 Å². The number of benzene rings is 1. The number of carbonyl (C=O) groups excluding carboxylic acids is 1. The Kier molecular flexibility index (Phi) is 3.74. The molecule has 0 aliphatic rings. The molecule has 1 amide bonds. The van der Waals surface area contributed by atoms with Crippen molar-refractivity contribution in [2.75, 3.05) is 0 Å². The fraction of sp³-hybridized carbons (Fsp3) is 0.111. The molecule has 7 nitrogen and oxygen atoms in total. The van der Waals surface area contributed by atoms with Crippen LogP contribution in [0.3, 0.4) is 0 Å². The Morgan fingerprint density at radius 2 is 1.92 bits per heavy atom. The van der Waals surface area contributed by atoms with Gasteiger partial charge in [-0.15, -0.1) is 10.2 Å². The van der Waals surface area contributed by atoms with Gasteiger partial charge in [0.05, 0.1) is 6.54 Å². The third-order valence-electron chi connectivity index (χ3n) is 3.82. The molecule has 3 heterocycles. The fourth-order valence-electron chi connectivity index (χ4n) is 2.57. The quantitative estimate of drug-likeness (QED) is 0.620. The highest BCUT2D eigenvalue weighted by Gasteiger charge is 2.18. The number of aryl methyl sites for hydroxylation is 1. The molecule has 0 fully saturated rings. The smallest absolute Gasteiger partial charge is 0.273 e. The summed E-state index contributed by atoms with van der Waals surface area (Å²) < 4.78 is 7.45. The van der Waals surface area contributed by atoms with Crippen LogP contribution in [0.15, 0.2) is 59.1 Å². The molecule has 0 bridgehead atoms. The molecule has 0 saturated heterocycles. The van der Waals surface area contributed by atoms with Crippen LogP contribution in [0.2, 0.25) is 0 Å². The molecular formula is C18H15N5O2. The molecule has 0 aliphatic carbocycles. The zero-order valence-corrected chi connectivity index (χ0v) is 13.5. The van der Waals surface area contributed by atoms with Crippen LogP contribution in [0.5, 0.6) is 0 Å². The lowest BCUT2D eigenvalue weighted by Crippen LogP contribution is -2.25. The number of amides is 1. The first-order valence-corrected chi connectivity index (χ1v) is 7.82. The maximum Gasteiger partial charge on any atom is 0.273 e. The number of carbonyl (C=O) groups is 1. The highest BCUT2D eigenvalue weighted by molar-refractivity contribution is 5.93. The molecule has 4 rings (SSSR count). The maximum absolute atomic E-state index is 12.5. The van der Waals surface area contributed by atoms with Gasteiger partial charge in [0.15, 0.2) is 17.2 Å². The van der Waals surface area contributed by atoms with E-state index < -0.39 is 0 Å². The van der Waals surface area contributed by atoms with E-state index in [0.29, 0.717) is 17.5 Å². The lowest BCUT2D eigenvalue weighted by molar-refractivity contribution is 0.0944. The number of pyridine rings is 1. The molecule has 25 heavy (non-hydrogen) atoms. The van der Waals surface area contributed by atoms with Crippen LogP contribution >= 0.6 is 0 Å². The summed E-state index contributed by atoms with van der Waals surface area (Å²) in [5.74, 6) is 1.24. The van der Waals surface area contributed by atoms with Crippen LogP contribution in [0.4, 0.5) is 0 Å².